The van der Waals surface area contributed by atoms with Crippen molar-refractivity contribution in [1.29, 1.82) is 0 Å². The monoisotopic (exact) mass is 200 g/mol. The van der Waals surface area contributed by atoms with Gasteiger partial charge in [0.15, 0.2) is 0 Å². The first-order valence-corrected chi connectivity index (χ1v) is 5.10. The average molecular weight is 200 g/mol. The summed E-state index contributed by atoms with van der Waals surface area (Å²) in [7, 11) is 0. The van der Waals surface area contributed by atoms with Crippen LogP contribution < -0.4 is 5.32 Å². The number of aromatic nitrogens is 1. The van der Waals surface area contributed by atoms with E-state index in [1.54, 1.807) is 0 Å². The fraction of sp³-hybridized carbons (Fsp3) is 0.250. The van der Waals surface area contributed by atoms with Crippen LogP contribution in [0, 0.1) is 0 Å². The Morgan fingerprint density at radius 3 is 3.00 bits per heavy atom. The molecule has 1 N–H and O–H groups in total. The maximum absolute atomic E-state index is 5.14. The number of ether oxygens (including phenoxy) is 1. The fourth-order valence-corrected chi connectivity index (χ4v) is 1.78. The van der Waals surface area contributed by atoms with Crippen molar-refractivity contribution in [3.8, 4) is 0 Å². The molecule has 0 bridgehead atoms. The summed E-state index contributed by atoms with van der Waals surface area (Å²) in [4.78, 5) is 4.15. The van der Waals surface area contributed by atoms with Crippen LogP contribution in [0.15, 0.2) is 36.7 Å². The highest BCUT2D eigenvalue weighted by molar-refractivity contribution is 5.93. The lowest BCUT2D eigenvalue weighted by atomic mass is 10.1. The molecule has 0 amide bonds. The van der Waals surface area contributed by atoms with Gasteiger partial charge in [-0.05, 0) is 17.5 Å². The van der Waals surface area contributed by atoms with Crippen molar-refractivity contribution in [2.45, 2.75) is 6.04 Å². The smallest absolute Gasteiger partial charge is 0.0728 e. The number of fused-ring (bicyclic) bond motifs is 1. The molecule has 0 saturated carbocycles. The molecule has 0 aliphatic carbocycles. The molecular formula is C12H12N2O. The summed E-state index contributed by atoms with van der Waals surface area (Å²) < 4.78 is 5.14. The minimum atomic E-state index is 0.454. The number of nitrogens with one attached hydrogen (secondary N) is 1. The van der Waals surface area contributed by atoms with Crippen LogP contribution in [-0.4, -0.2) is 24.2 Å². The Hall–Kier alpha value is -1.61. The molecule has 1 aromatic carbocycles. The van der Waals surface area contributed by atoms with Gasteiger partial charge in [-0.25, -0.2) is 0 Å². The maximum atomic E-state index is 5.14. The van der Waals surface area contributed by atoms with Crippen molar-refractivity contribution >= 4 is 16.5 Å². The molecule has 0 unspecified atom stereocenters. The van der Waals surface area contributed by atoms with Gasteiger partial charge in [-0.2, -0.15) is 0 Å². The van der Waals surface area contributed by atoms with Crippen molar-refractivity contribution in [1.82, 2.24) is 4.98 Å². The minimum absolute atomic E-state index is 0.454. The van der Waals surface area contributed by atoms with E-state index >= 15 is 0 Å². The molecule has 1 aliphatic rings. The predicted octanol–water partition coefficient (Wildman–Crippen LogP) is 2.05. The standard InChI is InChI=1S/C12H12N2O/c1-2-9-4-5-13-6-11(9)12(3-1)14-10-7-15-8-10/h1-6,10,14H,7-8H2. The molecular weight excluding hydrogens is 188 g/mol. The van der Waals surface area contributed by atoms with E-state index < -0.39 is 0 Å². The molecule has 0 atom stereocenters. The average Bonchev–Trinajstić information content (AvgIpc) is 2.23. The number of nitrogens with zero attached hydrogens (tertiary/aromatic N) is 1. The zero-order valence-corrected chi connectivity index (χ0v) is 8.31. The van der Waals surface area contributed by atoms with Crippen LogP contribution in [0.4, 0.5) is 5.69 Å². The molecule has 1 aliphatic heterocycles. The molecule has 15 heavy (non-hydrogen) atoms. The van der Waals surface area contributed by atoms with Gasteiger partial charge in [0.2, 0.25) is 0 Å². The van der Waals surface area contributed by atoms with Gasteiger partial charge in [0.25, 0.3) is 0 Å². The van der Waals surface area contributed by atoms with E-state index in [4.69, 9.17) is 4.74 Å². The largest absolute Gasteiger partial charge is 0.377 e. The van der Waals surface area contributed by atoms with Crippen LogP contribution in [0.1, 0.15) is 0 Å². The van der Waals surface area contributed by atoms with Gasteiger partial charge in [0.1, 0.15) is 0 Å². The molecule has 3 nitrogen and oxygen atoms in total. The summed E-state index contributed by atoms with van der Waals surface area (Å²) in [5.74, 6) is 0. The zero-order valence-electron chi connectivity index (χ0n) is 8.31. The lowest BCUT2D eigenvalue weighted by Gasteiger charge is -2.28. The summed E-state index contributed by atoms with van der Waals surface area (Å²) in [6.07, 6.45) is 3.72. The molecule has 1 aromatic heterocycles. The second-order valence-corrected chi connectivity index (χ2v) is 3.78. The van der Waals surface area contributed by atoms with E-state index in [9.17, 15) is 0 Å². The van der Waals surface area contributed by atoms with Gasteiger partial charge in [0, 0.05) is 23.5 Å². The maximum Gasteiger partial charge on any atom is 0.0728 e. The van der Waals surface area contributed by atoms with E-state index in [1.165, 1.54) is 10.8 Å². The third kappa shape index (κ3) is 1.55. The van der Waals surface area contributed by atoms with Gasteiger partial charge in [-0.3, -0.25) is 4.98 Å². The predicted molar refractivity (Wildman–Crippen MR) is 60.0 cm³/mol. The van der Waals surface area contributed by atoms with Crippen LogP contribution in [0.3, 0.4) is 0 Å². The Kier molecular flexibility index (Phi) is 2.03. The van der Waals surface area contributed by atoms with Crippen molar-refractivity contribution in [3.05, 3.63) is 36.7 Å². The molecule has 0 radical (unpaired) electrons. The molecule has 1 saturated heterocycles. The first-order valence-electron chi connectivity index (χ1n) is 5.10. The quantitative estimate of drug-likeness (QED) is 0.805. The summed E-state index contributed by atoms with van der Waals surface area (Å²) >= 11 is 0. The molecule has 2 heterocycles. The van der Waals surface area contributed by atoms with Gasteiger partial charge in [-0.15, -0.1) is 0 Å². The number of hydrogen-bond donors (Lipinski definition) is 1. The fourth-order valence-electron chi connectivity index (χ4n) is 1.78. The molecule has 0 spiro atoms. The lowest BCUT2D eigenvalue weighted by molar-refractivity contribution is 0.0211. The van der Waals surface area contributed by atoms with Crippen molar-refractivity contribution < 1.29 is 4.74 Å². The zero-order chi connectivity index (χ0) is 10.1. The summed E-state index contributed by atoms with van der Waals surface area (Å²) in [6.45, 7) is 1.60. The Morgan fingerprint density at radius 2 is 2.20 bits per heavy atom. The highest BCUT2D eigenvalue weighted by Gasteiger charge is 2.18. The van der Waals surface area contributed by atoms with Crippen LogP contribution in [0.2, 0.25) is 0 Å². The molecule has 3 rings (SSSR count). The highest BCUT2D eigenvalue weighted by Crippen LogP contribution is 2.23. The van der Waals surface area contributed by atoms with E-state index in [2.05, 4.69) is 28.5 Å². The Balaban J connectivity index is 2.01. The summed E-state index contributed by atoms with van der Waals surface area (Å²) in [5.41, 5.74) is 1.15. The number of pyridine rings is 1. The molecule has 2 aromatic rings. The van der Waals surface area contributed by atoms with E-state index in [0.717, 1.165) is 18.9 Å². The number of rotatable bonds is 2. The van der Waals surface area contributed by atoms with Crippen LogP contribution in [0.25, 0.3) is 10.8 Å². The Labute approximate surface area is 88.1 Å². The topological polar surface area (TPSA) is 34.1 Å². The van der Waals surface area contributed by atoms with Gasteiger partial charge >= 0.3 is 0 Å². The van der Waals surface area contributed by atoms with Crippen molar-refractivity contribution in [3.63, 3.8) is 0 Å². The number of anilines is 1. The first-order chi connectivity index (χ1) is 7.43. The van der Waals surface area contributed by atoms with Crippen molar-refractivity contribution in [2.24, 2.45) is 0 Å². The third-order valence-corrected chi connectivity index (χ3v) is 2.68. The number of benzene rings is 1. The normalized spacial score (nSPS) is 16.3. The third-order valence-electron chi connectivity index (χ3n) is 2.68. The van der Waals surface area contributed by atoms with Crippen molar-refractivity contribution in [2.75, 3.05) is 18.5 Å². The minimum Gasteiger partial charge on any atom is -0.377 e. The van der Waals surface area contributed by atoms with Gasteiger partial charge < -0.3 is 10.1 Å². The first kappa shape index (κ1) is 8.68. The number of hydrogen-bond acceptors (Lipinski definition) is 3. The summed E-state index contributed by atoms with van der Waals surface area (Å²) in [5, 5.41) is 5.85. The Bertz CT molecular complexity index is 475. The summed E-state index contributed by atoms with van der Waals surface area (Å²) in [6, 6.07) is 8.72. The van der Waals surface area contributed by atoms with E-state index in [1.807, 2.05) is 18.5 Å². The Morgan fingerprint density at radius 1 is 1.27 bits per heavy atom. The van der Waals surface area contributed by atoms with Gasteiger partial charge in [-0.1, -0.05) is 12.1 Å². The molecule has 3 heteroatoms. The van der Waals surface area contributed by atoms with Crippen LogP contribution in [0.5, 0.6) is 0 Å². The highest BCUT2D eigenvalue weighted by atomic mass is 16.5. The second-order valence-electron chi connectivity index (χ2n) is 3.78. The van der Waals surface area contributed by atoms with Crippen LogP contribution in [-0.2, 0) is 4.74 Å². The van der Waals surface area contributed by atoms with Gasteiger partial charge in [0.05, 0.1) is 19.3 Å². The van der Waals surface area contributed by atoms with E-state index in [0.29, 0.717) is 6.04 Å². The van der Waals surface area contributed by atoms with Crippen LogP contribution >= 0.6 is 0 Å². The van der Waals surface area contributed by atoms with E-state index in [-0.39, 0.29) is 0 Å². The molecule has 1 fully saturated rings. The lowest BCUT2D eigenvalue weighted by Crippen LogP contribution is -2.40. The second kappa shape index (κ2) is 3.51. The SMILES string of the molecule is c1cc(NC2COC2)c2cnccc2c1. The molecule has 76 valence electrons.